The lowest BCUT2D eigenvalue weighted by molar-refractivity contribution is -0.161. The molecule has 5 nitrogen and oxygen atoms in total. The molecule has 0 aromatic heterocycles. The Labute approximate surface area is 302 Å². The number of carbonyl (C=O) groups excluding carboxylic acids is 2. The van der Waals surface area contributed by atoms with Gasteiger partial charge in [0.1, 0.15) is 6.61 Å². The van der Waals surface area contributed by atoms with Crippen molar-refractivity contribution in [3.63, 3.8) is 0 Å². The highest BCUT2D eigenvalue weighted by Crippen LogP contribution is 2.14. The molecule has 0 amide bonds. The minimum atomic E-state index is -0.795. The van der Waals surface area contributed by atoms with Crippen LogP contribution in [0.15, 0.2) is 72.9 Å². The van der Waals surface area contributed by atoms with Crippen molar-refractivity contribution in [3.8, 4) is 0 Å². The molecule has 0 aliphatic carbocycles. The van der Waals surface area contributed by atoms with Gasteiger partial charge in [-0.25, -0.2) is 0 Å². The van der Waals surface area contributed by atoms with Gasteiger partial charge in [0.15, 0.2) is 6.10 Å². The van der Waals surface area contributed by atoms with E-state index in [-0.39, 0.29) is 25.2 Å². The van der Waals surface area contributed by atoms with Crippen molar-refractivity contribution in [2.45, 2.75) is 180 Å². The van der Waals surface area contributed by atoms with E-state index in [1.165, 1.54) is 70.6 Å². The molecule has 0 aliphatic rings. The van der Waals surface area contributed by atoms with Gasteiger partial charge >= 0.3 is 11.9 Å². The Morgan fingerprint density at radius 1 is 0.490 bits per heavy atom. The second-order valence-corrected chi connectivity index (χ2v) is 13.0. The lowest BCUT2D eigenvalue weighted by Crippen LogP contribution is -2.28. The number of unbranched alkanes of at least 4 members (excludes halogenated alkanes) is 15. The molecular formula is C44H74O5. The van der Waals surface area contributed by atoms with E-state index in [1.807, 2.05) is 0 Å². The monoisotopic (exact) mass is 683 g/mol. The van der Waals surface area contributed by atoms with Gasteiger partial charge in [-0.05, 0) is 64.2 Å². The molecule has 49 heavy (non-hydrogen) atoms. The van der Waals surface area contributed by atoms with E-state index in [2.05, 4.69) is 86.8 Å². The van der Waals surface area contributed by atoms with Crippen LogP contribution >= 0.6 is 0 Å². The predicted molar refractivity (Wildman–Crippen MR) is 210 cm³/mol. The van der Waals surface area contributed by atoms with Gasteiger partial charge in [0, 0.05) is 12.8 Å². The standard InChI is InChI=1S/C44H74O5/c1-3-5-7-9-11-13-15-17-19-20-21-22-23-24-25-27-29-31-33-35-37-39-44(47)49-42(40-45)41-48-43(46)38-36-34-32-30-28-26-18-16-14-12-10-8-6-4-2/h5,7,11,13,17,19,21-22,24-25,29,31,42,45H,3-4,6,8-10,12,14-16,18,20,23,26-28,30,32-41H2,1-2H3/b7-5-,13-11-,19-17-,22-21-,25-24-,31-29-. The molecular weight excluding hydrogens is 608 g/mol. The number of hydrogen-bond donors (Lipinski definition) is 1. The molecule has 280 valence electrons. The molecule has 0 bridgehead atoms. The zero-order valence-corrected chi connectivity index (χ0v) is 31.7. The van der Waals surface area contributed by atoms with Crippen LogP contribution in [0.25, 0.3) is 0 Å². The Morgan fingerprint density at radius 2 is 0.878 bits per heavy atom. The number of aliphatic hydroxyl groups is 1. The van der Waals surface area contributed by atoms with Crippen LogP contribution in [0.5, 0.6) is 0 Å². The van der Waals surface area contributed by atoms with E-state index >= 15 is 0 Å². The third-order valence-corrected chi connectivity index (χ3v) is 8.26. The number of allylic oxidation sites excluding steroid dienone is 12. The van der Waals surface area contributed by atoms with Crippen molar-refractivity contribution < 1.29 is 24.2 Å². The minimum Gasteiger partial charge on any atom is -0.462 e. The molecule has 0 aromatic carbocycles. The van der Waals surface area contributed by atoms with E-state index in [9.17, 15) is 14.7 Å². The normalized spacial score (nSPS) is 13.0. The third kappa shape index (κ3) is 38.0. The first kappa shape index (κ1) is 46.3. The smallest absolute Gasteiger partial charge is 0.306 e. The first-order valence-electron chi connectivity index (χ1n) is 20.0. The summed E-state index contributed by atoms with van der Waals surface area (Å²) in [5.74, 6) is -0.644. The van der Waals surface area contributed by atoms with Crippen molar-refractivity contribution in [1.29, 1.82) is 0 Å². The number of hydrogen-bond acceptors (Lipinski definition) is 5. The van der Waals surface area contributed by atoms with E-state index < -0.39 is 6.10 Å². The molecule has 0 fully saturated rings. The highest BCUT2D eigenvalue weighted by atomic mass is 16.6. The van der Waals surface area contributed by atoms with Crippen molar-refractivity contribution in [1.82, 2.24) is 0 Å². The lowest BCUT2D eigenvalue weighted by Gasteiger charge is -2.15. The predicted octanol–water partition coefficient (Wildman–Crippen LogP) is 12.6. The topological polar surface area (TPSA) is 72.8 Å². The summed E-state index contributed by atoms with van der Waals surface area (Å²) in [6.45, 7) is 3.98. The maximum atomic E-state index is 12.2. The Morgan fingerprint density at radius 3 is 1.33 bits per heavy atom. The van der Waals surface area contributed by atoms with Gasteiger partial charge in [-0.3, -0.25) is 9.59 Å². The van der Waals surface area contributed by atoms with Crippen LogP contribution in [-0.2, 0) is 19.1 Å². The molecule has 0 spiro atoms. The number of rotatable bonds is 35. The summed E-state index contributed by atoms with van der Waals surface area (Å²) in [5, 5.41) is 9.55. The summed E-state index contributed by atoms with van der Waals surface area (Å²) in [4.78, 5) is 24.2. The van der Waals surface area contributed by atoms with Gasteiger partial charge < -0.3 is 14.6 Å². The van der Waals surface area contributed by atoms with Crippen LogP contribution < -0.4 is 0 Å². The average Bonchev–Trinajstić information content (AvgIpc) is 3.10. The van der Waals surface area contributed by atoms with E-state index in [0.717, 1.165) is 77.0 Å². The van der Waals surface area contributed by atoms with Gasteiger partial charge in [-0.1, -0.05) is 170 Å². The highest BCUT2D eigenvalue weighted by Gasteiger charge is 2.16. The zero-order valence-electron chi connectivity index (χ0n) is 31.7. The highest BCUT2D eigenvalue weighted by molar-refractivity contribution is 5.70. The fourth-order valence-corrected chi connectivity index (χ4v) is 5.26. The van der Waals surface area contributed by atoms with Crippen LogP contribution in [0, 0.1) is 0 Å². The number of carbonyl (C=O) groups is 2. The molecule has 0 radical (unpaired) electrons. The van der Waals surface area contributed by atoms with Gasteiger partial charge in [-0.2, -0.15) is 0 Å². The van der Waals surface area contributed by atoms with Gasteiger partial charge in [-0.15, -0.1) is 0 Å². The third-order valence-electron chi connectivity index (χ3n) is 8.26. The van der Waals surface area contributed by atoms with Crippen molar-refractivity contribution >= 4 is 11.9 Å². The molecule has 5 heteroatoms. The number of aliphatic hydroxyl groups excluding tert-OH is 1. The van der Waals surface area contributed by atoms with Crippen molar-refractivity contribution in [2.75, 3.05) is 13.2 Å². The fourth-order valence-electron chi connectivity index (χ4n) is 5.26. The van der Waals surface area contributed by atoms with Crippen LogP contribution in [0.1, 0.15) is 174 Å². The Balaban J connectivity index is 3.68. The Kier molecular flexibility index (Phi) is 37.6. The van der Waals surface area contributed by atoms with E-state index in [0.29, 0.717) is 12.8 Å². The summed E-state index contributed by atoms with van der Waals surface area (Å²) in [7, 11) is 0. The van der Waals surface area contributed by atoms with E-state index in [4.69, 9.17) is 9.47 Å². The largest absolute Gasteiger partial charge is 0.462 e. The second kappa shape index (κ2) is 39.8. The number of esters is 2. The van der Waals surface area contributed by atoms with Crippen LogP contribution in [0.2, 0.25) is 0 Å². The average molecular weight is 683 g/mol. The quantitative estimate of drug-likeness (QED) is 0.0409. The molecule has 1 unspecified atom stereocenters. The summed E-state index contributed by atoms with van der Waals surface area (Å²) in [6, 6.07) is 0. The zero-order chi connectivity index (χ0) is 35.7. The van der Waals surface area contributed by atoms with E-state index in [1.54, 1.807) is 0 Å². The van der Waals surface area contributed by atoms with Crippen LogP contribution in [-0.4, -0.2) is 36.4 Å². The lowest BCUT2D eigenvalue weighted by atomic mass is 10.0. The molecule has 0 saturated carbocycles. The summed E-state index contributed by atoms with van der Waals surface area (Å²) in [6.07, 6.45) is 52.5. The molecule has 0 saturated heterocycles. The molecule has 1 N–H and O–H groups in total. The Hall–Kier alpha value is -2.66. The summed E-state index contributed by atoms with van der Waals surface area (Å²) in [5.41, 5.74) is 0. The van der Waals surface area contributed by atoms with Gasteiger partial charge in [0.25, 0.3) is 0 Å². The second-order valence-electron chi connectivity index (χ2n) is 13.0. The maximum absolute atomic E-state index is 12.2. The van der Waals surface area contributed by atoms with Gasteiger partial charge in [0.05, 0.1) is 6.61 Å². The summed E-state index contributed by atoms with van der Waals surface area (Å²) < 4.78 is 10.6. The molecule has 0 aliphatic heterocycles. The molecule has 0 aromatic rings. The first-order valence-corrected chi connectivity index (χ1v) is 20.0. The summed E-state index contributed by atoms with van der Waals surface area (Å²) >= 11 is 0. The van der Waals surface area contributed by atoms with Crippen LogP contribution in [0.3, 0.4) is 0 Å². The minimum absolute atomic E-state index is 0.0851. The number of ether oxygens (including phenoxy) is 2. The van der Waals surface area contributed by atoms with Crippen LogP contribution in [0.4, 0.5) is 0 Å². The SMILES string of the molecule is CC/C=C\C/C=C\C/C=C\C/C=C\C/C=C\C/C=C\CCCCC(=O)OC(CO)COC(=O)CCCCCCCCCCCCCCCC. The molecule has 1 atom stereocenters. The Bertz CT molecular complexity index is 910. The maximum Gasteiger partial charge on any atom is 0.306 e. The van der Waals surface area contributed by atoms with Crippen molar-refractivity contribution in [3.05, 3.63) is 72.9 Å². The molecule has 0 heterocycles. The fraction of sp³-hybridized carbons (Fsp3) is 0.682. The first-order chi connectivity index (χ1) is 24.1. The van der Waals surface area contributed by atoms with Gasteiger partial charge in [0.2, 0.25) is 0 Å². The van der Waals surface area contributed by atoms with Crippen molar-refractivity contribution in [2.24, 2.45) is 0 Å². The molecule has 0 rings (SSSR count).